The third-order valence-electron chi connectivity index (χ3n) is 2.92. The Kier molecular flexibility index (Phi) is 6.51. The Morgan fingerprint density at radius 1 is 1.36 bits per heavy atom. The van der Waals surface area contributed by atoms with E-state index in [0.717, 1.165) is 5.56 Å². The Bertz CT molecular complexity index is 619. The highest BCUT2D eigenvalue weighted by atomic mass is 35.5. The van der Waals surface area contributed by atoms with E-state index in [9.17, 15) is 9.90 Å². The van der Waals surface area contributed by atoms with Crippen LogP contribution in [0.1, 0.15) is 18.1 Å². The summed E-state index contributed by atoms with van der Waals surface area (Å²) in [5, 5.41) is 17.2. The number of halogens is 2. The third kappa shape index (κ3) is 5.18. The standard InChI is InChI=1S/C15H15Cl2NO3S/c16-11-1-2-14(12(17)7-11)21-8-15(20)18-5-3-13(19)10-4-6-22-9-10/h1-2,4,6-7,9,13,19H,3,5,8H2,(H,18,20). The molecule has 1 heterocycles. The number of amides is 1. The average molecular weight is 360 g/mol. The van der Waals surface area contributed by atoms with E-state index in [1.54, 1.807) is 18.2 Å². The van der Waals surface area contributed by atoms with E-state index < -0.39 is 6.10 Å². The first-order chi connectivity index (χ1) is 10.6. The molecule has 2 rings (SSSR count). The zero-order chi connectivity index (χ0) is 15.9. The maximum atomic E-state index is 11.7. The minimum absolute atomic E-state index is 0.143. The molecular formula is C15H15Cl2NO3S. The summed E-state index contributed by atoms with van der Waals surface area (Å²) in [5.74, 6) is 0.128. The highest BCUT2D eigenvalue weighted by Crippen LogP contribution is 2.27. The fourth-order valence-corrected chi connectivity index (χ4v) is 2.94. The van der Waals surface area contributed by atoms with Gasteiger partial charge in [-0.1, -0.05) is 23.2 Å². The van der Waals surface area contributed by atoms with Crippen molar-refractivity contribution < 1.29 is 14.6 Å². The van der Waals surface area contributed by atoms with Crippen LogP contribution in [0.4, 0.5) is 0 Å². The van der Waals surface area contributed by atoms with Gasteiger partial charge in [0.25, 0.3) is 5.91 Å². The molecule has 0 aliphatic carbocycles. The lowest BCUT2D eigenvalue weighted by atomic mass is 10.1. The molecule has 2 aromatic rings. The predicted molar refractivity (Wildman–Crippen MR) is 88.9 cm³/mol. The second-order valence-electron chi connectivity index (χ2n) is 4.57. The van der Waals surface area contributed by atoms with Gasteiger partial charge in [-0.2, -0.15) is 11.3 Å². The molecule has 0 saturated heterocycles. The summed E-state index contributed by atoms with van der Waals surface area (Å²) >= 11 is 13.2. The third-order valence-corrected chi connectivity index (χ3v) is 4.15. The van der Waals surface area contributed by atoms with Crippen LogP contribution in [0.15, 0.2) is 35.0 Å². The fraction of sp³-hybridized carbons (Fsp3) is 0.267. The van der Waals surface area contributed by atoms with E-state index in [0.29, 0.717) is 28.8 Å². The van der Waals surface area contributed by atoms with E-state index in [2.05, 4.69) is 5.32 Å². The van der Waals surface area contributed by atoms with Gasteiger partial charge in [0.2, 0.25) is 0 Å². The summed E-state index contributed by atoms with van der Waals surface area (Å²) < 4.78 is 5.32. The molecule has 1 aromatic heterocycles. The van der Waals surface area contributed by atoms with Crippen molar-refractivity contribution in [2.24, 2.45) is 0 Å². The van der Waals surface area contributed by atoms with Crippen molar-refractivity contribution >= 4 is 40.4 Å². The number of aliphatic hydroxyl groups is 1. The predicted octanol–water partition coefficient (Wildman–Crippen LogP) is 3.67. The quantitative estimate of drug-likeness (QED) is 0.792. The lowest BCUT2D eigenvalue weighted by Gasteiger charge is -2.11. The SMILES string of the molecule is O=C(COc1ccc(Cl)cc1Cl)NCCC(O)c1ccsc1. The number of benzene rings is 1. The molecule has 1 atom stereocenters. The molecule has 7 heteroatoms. The zero-order valence-corrected chi connectivity index (χ0v) is 13.9. The summed E-state index contributed by atoms with van der Waals surface area (Å²) in [6, 6.07) is 6.66. The van der Waals surface area contributed by atoms with Crippen LogP contribution >= 0.6 is 34.5 Å². The van der Waals surface area contributed by atoms with Gasteiger partial charge in [-0.3, -0.25) is 4.79 Å². The number of aliphatic hydroxyl groups excluding tert-OH is 1. The van der Waals surface area contributed by atoms with E-state index >= 15 is 0 Å². The van der Waals surface area contributed by atoms with Crippen molar-refractivity contribution in [3.05, 3.63) is 50.6 Å². The number of carbonyl (C=O) groups is 1. The van der Waals surface area contributed by atoms with Crippen LogP contribution in [-0.2, 0) is 4.79 Å². The minimum Gasteiger partial charge on any atom is -0.482 e. The fourth-order valence-electron chi connectivity index (χ4n) is 1.77. The number of carbonyl (C=O) groups excluding carboxylic acids is 1. The van der Waals surface area contributed by atoms with Crippen molar-refractivity contribution in [3.63, 3.8) is 0 Å². The number of thiophene rings is 1. The van der Waals surface area contributed by atoms with Crippen molar-refractivity contribution in [2.75, 3.05) is 13.2 Å². The first kappa shape index (κ1) is 17.1. The van der Waals surface area contributed by atoms with Crippen molar-refractivity contribution in [2.45, 2.75) is 12.5 Å². The van der Waals surface area contributed by atoms with Crippen LogP contribution in [0.25, 0.3) is 0 Å². The smallest absolute Gasteiger partial charge is 0.257 e. The summed E-state index contributed by atoms with van der Waals surface area (Å²) in [6.45, 7) is 0.226. The minimum atomic E-state index is -0.571. The van der Waals surface area contributed by atoms with Crippen molar-refractivity contribution in [1.82, 2.24) is 5.32 Å². The summed E-state index contributed by atoms with van der Waals surface area (Å²) in [6.07, 6.45) is -0.123. The monoisotopic (exact) mass is 359 g/mol. The Labute approximate surface area is 142 Å². The molecule has 1 aromatic carbocycles. The molecular weight excluding hydrogens is 345 g/mol. The van der Waals surface area contributed by atoms with E-state index in [1.807, 2.05) is 16.8 Å². The molecule has 1 amide bonds. The van der Waals surface area contributed by atoms with E-state index in [4.69, 9.17) is 27.9 Å². The van der Waals surface area contributed by atoms with Gasteiger partial charge in [0.05, 0.1) is 11.1 Å². The maximum Gasteiger partial charge on any atom is 0.257 e. The topological polar surface area (TPSA) is 58.6 Å². The van der Waals surface area contributed by atoms with Gasteiger partial charge in [0.1, 0.15) is 5.75 Å². The highest BCUT2D eigenvalue weighted by Gasteiger charge is 2.10. The molecule has 0 fully saturated rings. The molecule has 1 unspecified atom stereocenters. The van der Waals surface area contributed by atoms with Gasteiger partial charge < -0.3 is 15.2 Å². The lowest BCUT2D eigenvalue weighted by Crippen LogP contribution is -2.30. The summed E-state index contributed by atoms with van der Waals surface area (Å²) in [4.78, 5) is 11.7. The molecule has 0 spiro atoms. The molecule has 0 aliphatic rings. The first-order valence-corrected chi connectivity index (χ1v) is 8.31. The van der Waals surface area contributed by atoms with Gasteiger partial charge in [-0.25, -0.2) is 0 Å². The number of hydrogen-bond acceptors (Lipinski definition) is 4. The van der Waals surface area contributed by atoms with Gasteiger partial charge in [0, 0.05) is 11.6 Å². The lowest BCUT2D eigenvalue weighted by molar-refractivity contribution is -0.123. The van der Waals surface area contributed by atoms with Crippen molar-refractivity contribution in [3.8, 4) is 5.75 Å². The first-order valence-electron chi connectivity index (χ1n) is 6.61. The van der Waals surface area contributed by atoms with Gasteiger partial charge in [0.15, 0.2) is 6.61 Å². The second-order valence-corrected chi connectivity index (χ2v) is 6.20. The zero-order valence-electron chi connectivity index (χ0n) is 11.6. The Morgan fingerprint density at radius 3 is 2.86 bits per heavy atom. The summed E-state index contributed by atoms with van der Waals surface area (Å²) in [5.41, 5.74) is 0.864. The number of ether oxygens (including phenoxy) is 1. The van der Waals surface area contributed by atoms with Gasteiger partial charge in [-0.15, -0.1) is 0 Å². The number of hydrogen-bond donors (Lipinski definition) is 2. The van der Waals surface area contributed by atoms with Crippen LogP contribution in [0.3, 0.4) is 0 Å². The molecule has 22 heavy (non-hydrogen) atoms. The van der Waals surface area contributed by atoms with Crippen LogP contribution in [0.5, 0.6) is 5.75 Å². The largest absolute Gasteiger partial charge is 0.482 e. The van der Waals surface area contributed by atoms with E-state index in [1.165, 1.54) is 11.3 Å². The molecule has 0 bridgehead atoms. The van der Waals surface area contributed by atoms with Crippen LogP contribution in [0.2, 0.25) is 10.0 Å². The molecule has 118 valence electrons. The Hall–Kier alpha value is -1.27. The molecule has 2 N–H and O–H groups in total. The van der Waals surface area contributed by atoms with Crippen LogP contribution in [0, 0.1) is 0 Å². The summed E-state index contributed by atoms with van der Waals surface area (Å²) in [7, 11) is 0. The van der Waals surface area contributed by atoms with Gasteiger partial charge >= 0.3 is 0 Å². The average Bonchev–Trinajstić information content (AvgIpc) is 3.00. The molecule has 0 saturated carbocycles. The van der Waals surface area contributed by atoms with Crippen molar-refractivity contribution in [1.29, 1.82) is 0 Å². The second kappa shape index (κ2) is 8.39. The maximum absolute atomic E-state index is 11.7. The Morgan fingerprint density at radius 2 is 2.18 bits per heavy atom. The van der Waals surface area contributed by atoms with Crippen LogP contribution < -0.4 is 10.1 Å². The normalized spacial score (nSPS) is 12.0. The van der Waals surface area contributed by atoms with Gasteiger partial charge in [-0.05, 0) is 47.0 Å². The molecule has 4 nitrogen and oxygen atoms in total. The number of nitrogens with one attached hydrogen (secondary N) is 1. The molecule has 0 radical (unpaired) electrons. The molecule has 0 aliphatic heterocycles. The van der Waals surface area contributed by atoms with Crippen LogP contribution in [-0.4, -0.2) is 24.2 Å². The number of rotatable bonds is 7. The van der Waals surface area contributed by atoms with E-state index in [-0.39, 0.29) is 12.5 Å². The highest BCUT2D eigenvalue weighted by molar-refractivity contribution is 7.07. The Balaban J connectivity index is 1.70.